The Balaban J connectivity index is 1.73. The maximum Gasteiger partial charge on any atom is 0.348 e. The molecule has 0 radical (unpaired) electrons. The highest BCUT2D eigenvalue weighted by Crippen LogP contribution is 2.28. The fourth-order valence-corrected chi connectivity index (χ4v) is 5.00. The molecule has 1 N–H and O–H groups in total. The van der Waals surface area contributed by atoms with Gasteiger partial charge in [-0.05, 0) is 45.7 Å². The van der Waals surface area contributed by atoms with Crippen LogP contribution in [0.4, 0.5) is 5.13 Å². The number of carbonyl (C=O) groups is 1. The largest absolute Gasteiger partial charge is 0.348 e. The van der Waals surface area contributed by atoms with Crippen molar-refractivity contribution in [1.29, 1.82) is 0 Å². The number of aromatic nitrogens is 4. The molecule has 0 saturated carbocycles. The van der Waals surface area contributed by atoms with Gasteiger partial charge in [-0.3, -0.25) is 14.7 Å². The smallest absolute Gasteiger partial charge is 0.302 e. The third kappa shape index (κ3) is 5.64. The molecule has 2 aromatic rings. The zero-order valence-corrected chi connectivity index (χ0v) is 18.9. The Morgan fingerprint density at radius 2 is 2.00 bits per heavy atom. The number of rotatable bonds is 9. The second-order valence-electron chi connectivity index (χ2n) is 6.97. The van der Waals surface area contributed by atoms with Crippen LogP contribution in [0.5, 0.6) is 0 Å². The van der Waals surface area contributed by atoms with Crippen LogP contribution >= 0.6 is 23.1 Å². The average Bonchev–Trinajstić information content (AvgIpc) is 3.13. The van der Waals surface area contributed by atoms with Crippen LogP contribution in [0.25, 0.3) is 0 Å². The van der Waals surface area contributed by atoms with E-state index in [0.29, 0.717) is 16.7 Å². The van der Waals surface area contributed by atoms with Crippen LogP contribution in [-0.4, -0.2) is 55.9 Å². The molecule has 2 heterocycles. The maximum absolute atomic E-state index is 12.7. The van der Waals surface area contributed by atoms with Crippen LogP contribution in [-0.2, 0) is 24.2 Å². The van der Waals surface area contributed by atoms with Gasteiger partial charge in [0.2, 0.25) is 11.0 Å². The number of thioether (sulfide) groups is 1. The van der Waals surface area contributed by atoms with Gasteiger partial charge in [0.15, 0.2) is 0 Å². The molecule has 1 aliphatic carbocycles. The summed E-state index contributed by atoms with van der Waals surface area (Å²) in [4.78, 5) is 31.6. The van der Waals surface area contributed by atoms with Crippen molar-refractivity contribution in [2.24, 2.45) is 0 Å². The highest BCUT2D eigenvalue weighted by molar-refractivity contribution is 8.00. The minimum absolute atomic E-state index is 0.164. The second-order valence-corrected chi connectivity index (χ2v) is 9.12. The fraction of sp³-hybridized carbons (Fsp3) is 0.632. The lowest BCUT2D eigenvalue weighted by atomic mass is 9.97. The molecular weight excluding hydrogens is 408 g/mol. The van der Waals surface area contributed by atoms with Crippen molar-refractivity contribution in [3.8, 4) is 0 Å². The van der Waals surface area contributed by atoms with Crippen molar-refractivity contribution in [3.63, 3.8) is 0 Å². The summed E-state index contributed by atoms with van der Waals surface area (Å²) in [5.41, 5.74) is 2.03. The molecule has 2 aromatic heterocycles. The zero-order valence-electron chi connectivity index (χ0n) is 17.2. The summed E-state index contributed by atoms with van der Waals surface area (Å²) in [6.45, 7) is 9.56. The van der Waals surface area contributed by atoms with E-state index in [9.17, 15) is 9.59 Å². The SMILES string of the molecule is CCN(CC)CCn1c2c(c(SCC(=O)Nc3nnc(C)s3)nc1=O)CCCC2. The van der Waals surface area contributed by atoms with Crippen molar-refractivity contribution in [3.05, 3.63) is 26.7 Å². The summed E-state index contributed by atoms with van der Waals surface area (Å²) in [5, 5.41) is 12.6. The fourth-order valence-electron chi connectivity index (χ4n) is 3.52. The minimum atomic E-state index is -0.208. The molecule has 29 heavy (non-hydrogen) atoms. The number of likely N-dealkylation sites (N-methyl/N-ethyl adjacent to an activating group) is 1. The van der Waals surface area contributed by atoms with E-state index in [0.717, 1.165) is 61.6 Å². The Labute approximate surface area is 179 Å². The van der Waals surface area contributed by atoms with Gasteiger partial charge in [-0.15, -0.1) is 10.2 Å². The zero-order chi connectivity index (χ0) is 20.8. The molecule has 1 aliphatic rings. The normalized spacial score (nSPS) is 13.5. The van der Waals surface area contributed by atoms with E-state index in [4.69, 9.17) is 0 Å². The first kappa shape index (κ1) is 21.9. The number of hydrogen-bond donors (Lipinski definition) is 1. The summed E-state index contributed by atoms with van der Waals surface area (Å²) in [6.07, 6.45) is 3.98. The summed E-state index contributed by atoms with van der Waals surface area (Å²) in [6, 6.07) is 0. The molecule has 158 valence electrons. The van der Waals surface area contributed by atoms with E-state index < -0.39 is 0 Å². The number of aryl methyl sites for hydroxylation is 1. The van der Waals surface area contributed by atoms with Gasteiger partial charge in [-0.2, -0.15) is 4.98 Å². The Bertz CT molecular complexity index is 907. The number of anilines is 1. The van der Waals surface area contributed by atoms with Gasteiger partial charge in [0.25, 0.3) is 0 Å². The number of hydrogen-bond acceptors (Lipinski definition) is 8. The molecule has 0 saturated heterocycles. The first-order valence-corrected chi connectivity index (χ1v) is 11.9. The van der Waals surface area contributed by atoms with Crippen molar-refractivity contribution in [1.82, 2.24) is 24.6 Å². The molecule has 0 unspecified atom stereocenters. The molecule has 0 atom stereocenters. The highest BCUT2D eigenvalue weighted by atomic mass is 32.2. The van der Waals surface area contributed by atoms with E-state index in [1.807, 2.05) is 11.5 Å². The summed E-state index contributed by atoms with van der Waals surface area (Å²) < 4.78 is 1.85. The van der Waals surface area contributed by atoms with Crippen LogP contribution in [0.15, 0.2) is 9.82 Å². The van der Waals surface area contributed by atoms with Crippen LogP contribution in [0.3, 0.4) is 0 Å². The summed E-state index contributed by atoms with van der Waals surface area (Å²) in [5.74, 6) is 0.0317. The number of amides is 1. The molecule has 8 nitrogen and oxygen atoms in total. The Morgan fingerprint density at radius 3 is 2.69 bits per heavy atom. The van der Waals surface area contributed by atoms with Crippen molar-refractivity contribution < 1.29 is 4.79 Å². The Kier molecular flexibility index (Phi) is 7.79. The number of nitrogens with one attached hydrogen (secondary N) is 1. The second kappa shape index (κ2) is 10.3. The number of carbonyl (C=O) groups excluding carboxylic acids is 1. The number of nitrogens with zero attached hydrogens (tertiary/aromatic N) is 5. The quantitative estimate of drug-likeness (QED) is 0.476. The third-order valence-corrected chi connectivity index (χ3v) is 6.87. The standard InChI is InChI=1S/C19H28N6O2S2/c1-4-24(5-2)10-11-25-15-9-7-6-8-14(15)17(21-19(25)27)28-12-16(26)20-18-23-22-13(3)29-18/h4-12H2,1-3H3,(H,20,23,26). The van der Waals surface area contributed by atoms with E-state index in [1.54, 1.807) is 0 Å². The van der Waals surface area contributed by atoms with Gasteiger partial charge in [0, 0.05) is 24.3 Å². The topological polar surface area (TPSA) is 93.0 Å². The predicted octanol–water partition coefficient (Wildman–Crippen LogP) is 2.35. The van der Waals surface area contributed by atoms with Crippen molar-refractivity contribution in [2.75, 3.05) is 30.7 Å². The van der Waals surface area contributed by atoms with Crippen molar-refractivity contribution in [2.45, 2.75) is 58.0 Å². The molecule has 0 aromatic carbocycles. The van der Waals surface area contributed by atoms with Crippen molar-refractivity contribution >= 4 is 34.1 Å². The lowest BCUT2D eigenvalue weighted by Gasteiger charge is -2.24. The molecule has 0 spiro atoms. The molecule has 0 bridgehead atoms. The van der Waals surface area contributed by atoms with Gasteiger partial charge in [0.05, 0.1) is 5.75 Å². The lowest BCUT2D eigenvalue weighted by Crippen LogP contribution is -2.35. The van der Waals surface area contributed by atoms with Crippen LogP contribution < -0.4 is 11.0 Å². The monoisotopic (exact) mass is 436 g/mol. The first-order chi connectivity index (χ1) is 14.0. The van der Waals surface area contributed by atoms with Gasteiger partial charge >= 0.3 is 5.69 Å². The van der Waals surface area contributed by atoms with E-state index in [1.165, 1.54) is 23.1 Å². The lowest BCUT2D eigenvalue weighted by molar-refractivity contribution is -0.113. The van der Waals surface area contributed by atoms with Crippen LogP contribution in [0.2, 0.25) is 0 Å². The summed E-state index contributed by atoms with van der Waals surface area (Å²) >= 11 is 2.68. The minimum Gasteiger partial charge on any atom is -0.302 e. The van der Waals surface area contributed by atoms with E-state index in [-0.39, 0.29) is 17.3 Å². The highest BCUT2D eigenvalue weighted by Gasteiger charge is 2.21. The molecule has 1 amide bonds. The van der Waals surface area contributed by atoms with Crippen LogP contribution in [0.1, 0.15) is 43.0 Å². The van der Waals surface area contributed by atoms with Crippen LogP contribution in [0, 0.1) is 6.92 Å². The summed E-state index contributed by atoms with van der Waals surface area (Å²) in [7, 11) is 0. The van der Waals surface area contributed by atoms with Gasteiger partial charge in [-0.25, -0.2) is 4.79 Å². The van der Waals surface area contributed by atoms with Gasteiger partial charge in [-0.1, -0.05) is 36.9 Å². The molecule has 0 fully saturated rings. The first-order valence-electron chi connectivity index (χ1n) is 10.1. The Hall–Kier alpha value is -1.78. The van der Waals surface area contributed by atoms with E-state index in [2.05, 4.69) is 39.2 Å². The molecular formula is C19H28N6O2S2. The Morgan fingerprint density at radius 1 is 1.24 bits per heavy atom. The average molecular weight is 437 g/mol. The maximum atomic E-state index is 12.7. The third-order valence-electron chi connectivity index (χ3n) is 5.10. The molecule has 0 aliphatic heterocycles. The van der Waals surface area contributed by atoms with E-state index >= 15 is 0 Å². The molecule has 3 rings (SSSR count). The predicted molar refractivity (Wildman–Crippen MR) is 117 cm³/mol. The van der Waals surface area contributed by atoms with Gasteiger partial charge < -0.3 is 4.90 Å². The number of fused-ring (bicyclic) bond motifs is 1. The molecule has 10 heteroatoms. The van der Waals surface area contributed by atoms with Gasteiger partial charge in [0.1, 0.15) is 10.0 Å².